The van der Waals surface area contributed by atoms with E-state index in [4.69, 9.17) is 4.74 Å². The summed E-state index contributed by atoms with van der Waals surface area (Å²) in [5.41, 5.74) is 0. The van der Waals surface area contributed by atoms with Gasteiger partial charge in [0.15, 0.2) is 11.8 Å². The topological polar surface area (TPSA) is 67.6 Å². The van der Waals surface area contributed by atoms with Gasteiger partial charge in [-0.2, -0.15) is 0 Å². The Balaban J connectivity index is 1.43. The second kappa shape index (κ2) is 7.09. The predicted octanol–water partition coefficient (Wildman–Crippen LogP) is 0.781. The van der Waals surface area contributed by atoms with Crippen molar-refractivity contribution >= 4 is 5.96 Å². The fraction of sp³-hybridized carbons (Fsp3) is 0.800. The van der Waals surface area contributed by atoms with Crippen molar-refractivity contribution in [3.05, 3.63) is 12.2 Å². The van der Waals surface area contributed by atoms with Crippen molar-refractivity contribution in [2.24, 2.45) is 18.0 Å². The monoisotopic (exact) mass is 306 g/mol. The maximum absolute atomic E-state index is 5.99. The first kappa shape index (κ1) is 15.3. The molecule has 2 aliphatic rings. The molecule has 1 saturated carbocycles. The number of ether oxygens (including phenoxy) is 1. The number of rotatable bonds is 5. The molecule has 0 unspecified atom stereocenters. The largest absolute Gasteiger partial charge is 0.378 e. The highest BCUT2D eigenvalue weighted by Crippen LogP contribution is 2.30. The van der Waals surface area contributed by atoms with Crippen molar-refractivity contribution in [2.45, 2.75) is 38.3 Å². The number of aromatic nitrogens is 3. The molecule has 2 heterocycles. The van der Waals surface area contributed by atoms with Gasteiger partial charge in [-0.05, 0) is 31.6 Å². The van der Waals surface area contributed by atoms with E-state index in [1.54, 1.807) is 6.33 Å². The van der Waals surface area contributed by atoms with Crippen LogP contribution in [0.2, 0.25) is 0 Å². The molecule has 0 atom stereocenters. The highest BCUT2D eigenvalue weighted by molar-refractivity contribution is 5.79. The Hall–Kier alpha value is -1.63. The molecule has 0 amide bonds. The van der Waals surface area contributed by atoms with Crippen LogP contribution >= 0.6 is 0 Å². The number of likely N-dealkylation sites (tertiary alicyclic amines) is 1. The first-order valence-electron chi connectivity index (χ1n) is 8.16. The summed E-state index contributed by atoms with van der Waals surface area (Å²) in [5.74, 6) is 2.69. The molecule has 7 nitrogen and oxygen atoms in total. The zero-order valence-corrected chi connectivity index (χ0v) is 13.5. The van der Waals surface area contributed by atoms with E-state index < -0.39 is 0 Å². The van der Waals surface area contributed by atoms with Crippen molar-refractivity contribution in [1.29, 1.82) is 0 Å². The first-order valence-corrected chi connectivity index (χ1v) is 8.16. The van der Waals surface area contributed by atoms with Gasteiger partial charge in [-0.15, -0.1) is 10.2 Å². The predicted molar refractivity (Wildman–Crippen MR) is 84.5 cm³/mol. The lowest BCUT2D eigenvalue weighted by Crippen LogP contribution is -2.47. The van der Waals surface area contributed by atoms with Crippen molar-refractivity contribution in [1.82, 2.24) is 25.0 Å². The molecule has 2 fully saturated rings. The maximum Gasteiger partial charge on any atom is 0.194 e. The van der Waals surface area contributed by atoms with Gasteiger partial charge in [0.05, 0.1) is 12.6 Å². The second-order valence-electron chi connectivity index (χ2n) is 6.22. The van der Waals surface area contributed by atoms with Crippen LogP contribution in [0.3, 0.4) is 0 Å². The Morgan fingerprint density at radius 2 is 2.14 bits per heavy atom. The summed E-state index contributed by atoms with van der Waals surface area (Å²) in [6, 6.07) is 0. The summed E-state index contributed by atoms with van der Waals surface area (Å²) in [6.45, 7) is 3.59. The van der Waals surface area contributed by atoms with Crippen LogP contribution in [0.15, 0.2) is 11.3 Å². The Morgan fingerprint density at radius 3 is 2.73 bits per heavy atom. The SMILES string of the molecule is CN=C(NCc1nncn1C)N1CCC(OCC2CC2)CC1. The van der Waals surface area contributed by atoms with Crippen LogP contribution in [0.1, 0.15) is 31.5 Å². The lowest BCUT2D eigenvalue weighted by atomic mass is 10.1. The number of nitrogens with one attached hydrogen (secondary N) is 1. The van der Waals surface area contributed by atoms with Crippen LogP contribution in [0.25, 0.3) is 0 Å². The van der Waals surface area contributed by atoms with Crippen LogP contribution in [0, 0.1) is 5.92 Å². The van der Waals surface area contributed by atoms with E-state index >= 15 is 0 Å². The molecule has 1 aromatic heterocycles. The highest BCUT2D eigenvalue weighted by Gasteiger charge is 2.26. The van der Waals surface area contributed by atoms with Crippen molar-refractivity contribution in [3.8, 4) is 0 Å². The molecule has 7 heteroatoms. The number of aryl methyl sites for hydroxylation is 1. The van der Waals surface area contributed by atoms with Crippen LogP contribution in [-0.4, -0.2) is 58.5 Å². The number of hydrogen-bond acceptors (Lipinski definition) is 4. The third-order valence-corrected chi connectivity index (χ3v) is 4.43. The molecular weight excluding hydrogens is 280 g/mol. The number of aliphatic imine (C=N–C) groups is 1. The first-order chi connectivity index (χ1) is 10.8. The normalized spacial score (nSPS) is 20.5. The highest BCUT2D eigenvalue weighted by atomic mass is 16.5. The van der Waals surface area contributed by atoms with E-state index in [1.165, 1.54) is 12.8 Å². The Kier molecular flexibility index (Phi) is 4.92. The quantitative estimate of drug-likeness (QED) is 0.643. The Labute approximate surface area is 131 Å². The third-order valence-electron chi connectivity index (χ3n) is 4.43. The maximum atomic E-state index is 5.99. The molecule has 0 radical (unpaired) electrons. The fourth-order valence-corrected chi connectivity index (χ4v) is 2.75. The van der Waals surface area contributed by atoms with Gasteiger partial charge in [0.2, 0.25) is 0 Å². The molecule has 0 bridgehead atoms. The van der Waals surface area contributed by atoms with Gasteiger partial charge in [-0.3, -0.25) is 4.99 Å². The van der Waals surface area contributed by atoms with Gasteiger partial charge in [0.25, 0.3) is 0 Å². The lowest BCUT2D eigenvalue weighted by molar-refractivity contribution is 0.0131. The van der Waals surface area contributed by atoms with Crippen LogP contribution in [-0.2, 0) is 18.3 Å². The van der Waals surface area contributed by atoms with E-state index in [-0.39, 0.29) is 0 Å². The van der Waals surface area contributed by atoms with Gasteiger partial charge in [0.1, 0.15) is 6.33 Å². The van der Waals surface area contributed by atoms with E-state index in [1.807, 2.05) is 18.7 Å². The Bertz CT molecular complexity index is 502. The van der Waals surface area contributed by atoms with Crippen LogP contribution in [0.5, 0.6) is 0 Å². The average molecular weight is 306 g/mol. The van der Waals surface area contributed by atoms with Gasteiger partial charge in [-0.25, -0.2) is 0 Å². The minimum Gasteiger partial charge on any atom is -0.378 e. The molecular formula is C15H26N6O. The molecule has 0 spiro atoms. The van der Waals surface area contributed by atoms with Gasteiger partial charge >= 0.3 is 0 Å². The molecule has 1 aliphatic carbocycles. The van der Waals surface area contributed by atoms with Crippen molar-refractivity contribution in [3.63, 3.8) is 0 Å². The average Bonchev–Trinajstić information content (AvgIpc) is 3.29. The van der Waals surface area contributed by atoms with Crippen LogP contribution < -0.4 is 5.32 Å². The minimum atomic E-state index is 0.425. The Morgan fingerprint density at radius 1 is 1.36 bits per heavy atom. The smallest absolute Gasteiger partial charge is 0.194 e. The van der Waals surface area contributed by atoms with Crippen LogP contribution in [0.4, 0.5) is 0 Å². The number of hydrogen-bond donors (Lipinski definition) is 1. The molecule has 1 aromatic rings. The molecule has 1 saturated heterocycles. The summed E-state index contributed by atoms with van der Waals surface area (Å²) in [6.07, 6.45) is 7.01. The zero-order chi connectivity index (χ0) is 15.4. The molecule has 122 valence electrons. The minimum absolute atomic E-state index is 0.425. The van der Waals surface area contributed by atoms with E-state index in [2.05, 4.69) is 25.4 Å². The third kappa shape index (κ3) is 3.97. The zero-order valence-electron chi connectivity index (χ0n) is 13.5. The van der Waals surface area contributed by atoms with E-state index in [9.17, 15) is 0 Å². The number of nitrogens with zero attached hydrogens (tertiary/aromatic N) is 5. The van der Waals surface area contributed by atoms with E-state index in [0.29, 0.717) is 12.6 Å². The molecule has 22 heavy (non-hydrogen) atoms. The standard InChI is InChI=1S/C15H26N6O/c1-16-15(17-9-14-19-18-11-20(14)2)21-7-5-13(6-8-21)22-10-12-3-4-12/h11-13H,3-10H2,1-2H3,(H,16,17). The summed E-state index contributed by atoms with van der Waals surface area (Å²) >= 11 is 0. The second-order valence-corrected chi connectivity index (χ2v) is 6.22. The fourth-order valence-electron chi connectivity index (χ4n) is 2.75. The summed E-state index contributed by atoms with van der Waals surface area (Å²) in [7, 11) is 3.77. The molecule has 1 aliphatic heterocycles. The molecule has 3 rings (SSSR count). The number of guanidine groups is 1. The van der Waals surface area contributed by atoms with Gasteiger partial charge in [0, 0.05) is 33.8 Å². The lowest BCUT2D eigenvalue weighted by Gasteiger charge is -2.34. The van der Waals surface area contributed by atoms with Crippen molar-refractivity contribution in [2.75, 3.05) is 26.7 Å². The molecule has 0 aromatic carbocycles. The molecule has 1 N–H and O–H groups in total. The van der Waals surface area contributed by atoms with E-state index in [0.717, 1.165) is 50.2 Å². The summed E-state index contributed by atoms with van der Waals surface area (Å²) in [5, 5.41) is 11.3. The van der Waals surface area contributed by atoms with Gasteiger partial charge in [-0.1, -0.05) is 0 Å². The van der Waals surface area contributed by atoms with Crippen molar-refractivity contribution < 1.29 is 4.74 Å². The summed E-state index contributed by atoms with van der Waals surface area (Å²) in [4.78, 5) is 6.68. The summed E-state index contributed by atoms with van der Waals surface area (Å²) < 4.78 is 7.91. The number of piperidine rings is 1. The van der Waals surface area contributed by atoms with Gasteiger partial charge < -0.3 is 19.5 Å².